The fourth-order valence-electron chi connectivity index (χ4n) is 2.63. The van der Waals surface area contributed by atoms with Gasteiger partial charge in [-0.15, -0.1) is 24.8 Å². The molecule has 1 aromatic heterocycles. The highest BCUT2D eigenvalue weighted by atomic mass is 35.5. The van der Waals surface area contributed by atoms with Crippen molar-refractivity contribution in [3.63, 3.8) is 0 Å². The molecule has 0 bridgehead atoms. The molecule has 1 aromatic rings. The number of nitrogens with zero attached hydrogens (tertiary/aromatic N) is 2. The number of rotatable bonds is 5. The number of carbonyl (C=O) groups is 1. The van der Waals surface area contributed by atoms with Crippen LogP contribution < -0.4 is 16.0 Å². The van der Waals surface area contributed by atoms with E-state index in [2.05, 4.69) is 29.0 Å². The average Bonchev–Trinajstić information content (AvgIpc) is 2.48. The SMILES string of the molecule is CC(C)C[C@H](N)C(=O)Nc1ccc(N2CCCCC2)cn1.Cl.Cl. The fraction of sp³-hybridized carbons (Fsp3) is 0.625. The molecular weight excluding hydrogens is 335 g/mol. The molecule has 1 aliphatic heterocycles. The van der Waals surface area contributed by atoms with E-state index in [4.69, 9.17) is 5.73 Å². The van der Waals surface area contributed by atoms with Crippen LogP contribution in [0.2, 0.25) is 0 Å². The summed E-state index contributed by atoms with van der Waals surface area (Å²) in [5.41, 5.74) is 6.99. The van der Waals surface area contributed by atoms with Crippen LogP contribution in [0.3, 0.4) is 0 Å². The molecule has 2 rings (SSSR count). The number of carbonyl (C=O) groups excluding carboxylic acids is 1. The average molecular weight is 363 g/mol. The zero-order valence-corrected chi connectivity index (χ0v) is 15.5. The predicted octanol–water partition coefficient (Wildman–Crippen LogP) is 3.23. The van der Waals surface area contributed by atoms with Crippen LogP contribution in [-0.4, -0.2) is 30.0 Å². The monoisotopic (exact) mass is 362 g/mol. The van der Waals surface area contributed by atoms with Gasteiger partial charge in [-0.25, -0.2) is 4.98 Å². The number of amides is 1. The number of hydrogen-bond donors (Lipinski definition) is 2. The summed E-state index contributed by atoms with van der Waals surface area (Å²) in [7, 11) is 0. The van der Waals surface area contributed by atoms with Crippen LogP contribution >= 0.6 is 24.8 Å². The Hall–Kier alpha value is -1.04. The fourth-order valence-corrected chi connectivity index (χ4v) is 2.63. The van der Waals surface area contributed by atoms with Gasteiger partial charge in [0, 0.05) is 13.1 Å². The van der Waals surface area contributed by atoms with Crippen LogP contribution in [0.5, 0.6) is 0 Å². The van der Waals surface area contributed by atoms with E-state index in [1.807, 2.05) is 18.3 Å². The van der Waals surface area contributed by atoms with Crippen molar-refractivity contribution in [3.8, 4) is 0 Å². The second-order valence-corrected chi connectivity index (χ2v) is 6.17. The summed E-state index contributed by atoms with van der Waals surface area (Å²) in [6, 6.07) is 3.39. The number of nitrogens with two attached hydrogens (primary N) is 1. The number of hydrogen-bond acceptors (Lipinski definition) is 4. The lowest BCUT2D eigenvalue weighted by Crippen LogP contribution is -2.36. The van der Waals surface area contributed by atoms with Crippen LogP contribution in [0.1, 0.15) is 39.5 Å². The quantitative estimate of drug-likeness (QED) is 0.843. The first-order valence-electron chi connectivity index (χ1n) is 7.83. The largest absolute Gasteiger partial charge is 0.370 e. The minimum absolute atomic E-state index is 0. The van der Waals surface area contributed by atoms with Gasteiger partial charge in [0.1, 0.15) is 5.82 Å². The molecule has 23 heavy (non-hydrogen) atoms. The summed E-state index contributed by atoms with van der Waals surface area (Å²) < 4.78 is 0. The summed E-state index contributed by atoms with van der Waals surface area (Å²) in [6.07, 6.45) is 6.30. The van der Waals surface area contributed by atoms with Crippen molar-refractivity contribution in [2.45, 2.75) is 45.6 Å². The maximum atomic E-state index is 11.9. The zero-order chi connectivity index (χ0) is 15.2. The van der Waals surface area contributed by atoms with E-state index in [0.717, 1.165) is 18.8 Å². The molecule has 1 saturated heterocycles. The Labute approximate surface area is 151 Å². The van der Waals surface area contributed by atoms with Crippen molar-refractivity contribution < 1.29 is 4.79 Å². The highest BCUT2D eigenvalue weighted by molar-refractivity contribution is 5.93. The Morgan fingerprint density at radius 2 is 1.91 bits per heavy atom. The first kappa shape index (κ1) is 22.0. The van der Waals surface area contributed by atoms with Crippen molar-refractivity contribution in [3.05, 3.63) is 18.3 Å². The highest BCUT2D eigenvalue weighted by Crippen LogP contribution is 2.20. The molecule has 0 spiro atoms. The van der Waals surface area contributed by atoms with Crippen LogP contribution in [0.4, 0.5) is 11.5 Å². The van der Waals surface area contributed by atoms with Crippen molar-refractivity contribution in [2.24, 2.45) is 11.7 Å². The number of anilines is 2. The molecule has 5 nitrogen and oxygen atoms in total. The lowest BCUT2D eigenvalue weighted by Gasteiger charge is -2.28. The topological polar surface area (TPSA) is 71.2 Å². The minimum atomic E-state index is -0.478. The molecular formula is C16H28Cl2N4O. The van der Waals surface area contributed by atoms with Gasteiger partial charge in [0.15, 0.2) is 0 Å². The summed E-state index contributed by atoms with van der Waals surface area (Å²) in [5, 5.41) is 2.78. The second kappa shape index (κ2) is 10.7. The van der Waals surface area contributed by atoms with E-state index < -0.39 is 6.04 Å². The molecule has 0 radical (unpaired) electrons. The molecule has 0 aromatic carbocycles. The van der Waals surface area contributed by atoms with Crippen LogP contribution in [0.25, 0.3) is 0 Å². The summed E-state index contributed by atoms with van der Waals surface area (Å²) >= 11 is 0. The van der Waals surface area contributed by atoms with E-state index in [0.29, 0.717) is 18.2 Å². The van der Waals surface area contributed by atoms with E-state index >= 15 is 0 Å². The van der Waals surface area contributed by atoms with Gasteiger partial charge in [-0.1, -0.05) is 13.8 Å². The van der Waals surface area contributed by atoms with Gasteiger partial charge >= 0.3 is 0 Å². The third kappa shape index (κ3) is 6.94. The van der Waals surface area contributed by atoms with Crippen LogP contribution in [-0.2, 0) is 4.79 Å². The zero-order valence-electron chi connectivity index (χ0n) is 13.8. The first-order valence-corrected chi connectivity index (χ1v) is 7.83. The number of aromatic nitrogens is 1. The molecule has 1 aliphatic rings. The molecule has 2 heterocycles. The highest BCUT2D eigenvalue weighted by Gasteiger charge is 2.16. The Kier molecular flexibility index (Phi) is 10.2. The minimum Gasteiger partial charge on any atom is -0.370 e. The van der Waals surface area contributed by atoms with Crippen molar-refractivity contribution in [1.82, 2.24) is 4.98 Å². The van der Waals surface area contributed by atoms with Gasteiger partial charge in [-0.05, 0) is 43.7 Å². The first-order chi connectivity index (χ1) is 10.1. The molecule has 1 atom stereocenters. The maximum Gasteiger partial charge on any atom is 0.242 e. The Bertz CT molecular complexity index is 462. The van der Waals surface area contributed by atoms with Gasteiger partial charge in [-0.3, -0.25) is 4.79 Å². The number of halogens is 2. The van der Waals surface area contributed by atoms with E-state index in [1.165, 1.54) is 19.3 Å². The number of piperidine rings is 1. The second-order valence-electron chi connectivity index (χ2n) is 6.17. The lowest BCUT2D eigenvalue weighted by molar-refractivity contribution is -0.117. The van der Waals surface area contributed by atoms with Crippen molar-refractivity contribution >= 4 is 42.2 Å². The van der Waals surface area contributed by atoms with Gasteiger partial charge in [0.25, 0.3) is 0 Å². The molecule has 132 valence electrons. The molecule has 1 amide bonds. The Morgan fingerprint density at radius 3 is 2.43 bits per heavy atom. The van der Waals surface area contributed by atoms with Gasteiger partial charge in [-0.2, -0.15) is 0 Å². The predicted molar refractivity (Wildman–Crippen MR) is 101 cm³/mol. The Balaban J connectivity index is 0.00000242. The van der Waals surface area contributed by atoms with E-state index in [9.17, 15) is 4.79 Å². The van der Waals surface area contributed by atoms with Crippen LogP contribution in [0.15, 0.2) is 18.3 Å². The van der Waals surface area contributed by atoms with E-state index in [-0.39, 0.29) is 30.7 Å². The smallest absolute Gasteiger partial charge is 0.242 e. The number of nitrogens with one attached hydrogen (secondary N) is 1. The molecule has 3 N–H and O–H groups in total. The molecule has 0 unspecified atom stereocenters. The number of pyridine rings is 1. The van der Waals surface area contributed by atoms with Gasteiger partial charge in [0.2, 0.25) is 5.91 Å². The van der Waals surface area contributed by atoms with E-state index in [1.54, 1.807) is 0 Å². The third-order valence-corrected chi connectivity index (χ3v) is 3.78. The standard InChI is InChI=1S/C16H26N4O.2ClH/c1-12(2)10-14(17)16(21)19-15-7-6-13(11-18-15)20-8-4-3-5-9-20;;/h6-7,11-12,14H,3-5,8-10,17H2,1-2H3,(H,18,19,21);2*1H/t14-;;/m0../s1. The summed E-state index contributed by atoms with van der Waals surface area (Å²) in [5.74, 6) is 0.807. The lowest BCUT2D eigenvalue weighted by atomic mass is 10.0. The summed E-state index contributed by atoms with van der Waals surface area (Å²) in [4.78, 5) is 18.6. The Morgan fingerprint density at radius 1 is 1.26 bits per heavy atom. The molecule has 7 heteroatoms. The van der Waals surface area contributed by atoms with Crippen LogP contribution in [0, 0.1) is 5.92 Å². The normalized spacial score (nSPS) is 15.4. The van der Waals surface area contributed by atoms with Gasteiger partial charge in [0.05, 0.1) is 17.9 Å². The summed E-state index contributed by atoms with van der Waals surface area (Å²) in [6.45, 7) is 6.29. The third-order valence-electron chi connectivity index (χ3n) is 3.78. The van der Waals surface area contributed by atoms with Crippen molar-refractivity contribution in [2.75, 3.05) is 23.3 Å². The van der Waals surface area contributed by atoms with Crippen molar-refractivity contribution in [1.29, 1.82) is 0 Å². The molecule has 0 saturated carbocycles. The molecule has 1 fully saturated rings. The van der Waals surface area contributed by atoms with Gasteiger partial charge < -0.3 is 16.0 Å². The maximum absolute atomic E-state index is 11.9. The molecule has 0 aliphatic carbocycles.